The van der Waals surface area contributed by atoms with Crippen LogP contribution in [0, 0.1) is 11.8 Å². The van der Waals surface area contributed by atoms with Gasteiger partial charge in [0.2, 0.25) is 11.8 Å². The predicted molar refractivity (Wildman–Crippen MR) is 192 cm³/mol. The minimum atomic E-state index is -1.86. The third-order valence-electron chi connectivity index (χ3n) is 10.4. The number of nitrogens with one attached hydrogen (secondary N) is 1. The molecule has 14 nitrogen and oxygen atoms in total. The summed E-state index contributed by atoms with van der Waals surface area (Å²) >= 11 is 6.79. The average molecular weight is 750 g/mol. The molecule has 0 aliphatic carbocycles. The molecule has 2 N–H and O–H groups in total. The monoisotopic (exact) mass is 749 g/mol. The van der Waals surface area contributed by atoms with Crippen molar-refractivity contribution in [2.75, 3.05) is 40.3 Å². The molecule has 3 amide bonds. The lowest BCUT2D eigenvalue weighted by Crippen LogP contribution is -2.63. The summed E-state index contributed by atoms with van der Waals surface area (Å²) in [5.74, 6) is -2.05. The van der Waals surface area contributed by atoms with Gasteiger partial charge in [-0.3, -0.25) is 14.9 Å². The predicted octanol–water partition coefficient (Wildman–Crippen LogP) is 4.32. The average Bonchev–Trinajstić information content (AvgIpc) is 3.79. The maximum atomic E-state index is 14.2. The molecule has 288 valence electrons. The van der Waals surface area contributed by atoms with Crippen molar-refractivity contribution in [3.63, 3.8) is 0 Å². The molecule has 2 saturated heterocycles. The first-order valence-corrected chi connectivity index (χ1v) is 17.6. The molecule has 1 aromatic rings. The first-order chi connectivity index (χ1) is 24.3. The van der Waals surface area contributed by atoms with Gasteiger partial charge in [0.1, 0.15) is 46.8 Å². The number of alkyl carbamates (subject to hydrolysis) is 1. The number of likely N-dealkylation sites (N-methyl/N-ethyl adjacent to an activating group) is 1. The van der Waals surface area contributed by atoms with Crippen LogP contribution in [0.5, 0.6) is 5.75 Å². The summed E-state index contributed by atoms with van der Waals surface area (Å²) in [4.78, 5) is 56.1. The van der Waals surface area contributed by atoms with Crippen molar-refractivity contribution < 1.29 is 52.7 Å². The van der Waals surface area contributed by atoms with Gasteiger partial charge in [0, 0.05) is 46.6 Å². The van der Waals surface area contributed by atoms with Crippen molar-refractivity contribution >= 4 is 41.2 Å². The van der Waals surface area contributed by atoms with E-state index in [-0.39, 0.29) is 29.7 Å². The number of epoxide rings is 1. The van der Waals surface area contributed by atoms with Crippen LogP contribution in [0.3, 0.4) is 0 Å². The van der Waals surface area contributed by atoms with Gasteiger partial charge < -0.3 is 43.3 Å². The molecule has 0 radical (unpaired) electrons. The molecule has 2 fully saturated rings. The van der Waals surface area contributed by atoms with Crippen molar-refractivity contribution in [1.29, 1.82) is 0 Å². The number of anilines is 1. The van der Waals surface area contributed by atoms with Crippen LogP contribution in [0.25, 0.3) is 0 Å². The topological polar surface area (TPSA) is 166 Å². The molecule has 1 aromatic carbocycles. The highest BCUT2D eigenvalue weighted by atomic mass is 35.5. The maximum Gasteiger partial charge on any atom is 0.409 e. The molecule has 52 heavy (non-hydrogen) atoms. The summed E-state index contributed by atoms with van der Waals surface area (Å²) in [6.07, 6.45) is -0.443. The van der Waals surface area contributed by atoms with E-state index in [1.807, 2.05) is 6.92 Å². The summed E-state index contributed by atoms with van der Waals surface area (Å²) in [5.41, 5.74) is -1.39. The highest BCUT2D eigenvalue weighted by Crippen LogP contribution is 2.49. The number of esters is 1. The number of hydrogen-bond acceptors (Lipinski definition) is 11. The number of amides is 3. The number of carbonyl (C=O) groups excluding carboxylic acids is 4. The van der Waals surface area contributed by atoms with Crippen LogP contribution in [-0.4, -0.2) is 111 Å². The smallest absolute Gasteiger partial charge is 0.409 e. The minimum Gasteiger partial charge on any atom is -0.495 e. The number of fused-ring (bicyclic) bond motifs is 5. The van der Waals surface area contributed by atoms with Crippen molar-refractivity contribution in [1.82, 2.24) is 10.2 Å². The molecule has 3 aliphatic heterocycles. The molecule has 0 spiro atoms. The zero-order chi connectivity index (χ0) is 38.9. The Morgan fingerprint density at radius 3 is 2.42 bits per heavy atom. The van der Waals surface area contributed by atoms with Crippen LogP contribution in [0.1, 0.15) is 66.1 Å². The van der Waals surface area contributed by atoms with Crippen LogP contribution in [0.2, 0.25) is 5.02 Å². The van der Waals surface area contributed by atoms with E-state index < -0.39 is 71.8 Å². The van der Waals surface area contributed by atoms with Crippen molar-refractivity contribution in [3.8, 4) is 5.75 Å². The SMILES string of the molecule is COc1cc2cc(c1Cl)N(C)C(=O)CC(OC(=O)C(C)N(C)C(=O)C(C)C)C1(C)OC1C(C)C1CC(O)(NC(=O)O1)C(OC)/C=C/C=C(\C)C2OC. The van der Waals surface area contributed by atoms with E-state index in [1.54, 1.807) is 72.0 Å². The van der Waals surface area contributed by atoms with Gasteiger partial charge in [-0.2, -0.15) is 0 Å². The zero-order valence-corrected chi connectivity index (χ0v) is 32.5. The standard InChI is InChI=1S/C37H52ClN3O11/c1-19(2)33(43)40(7)22(5)34(44)51-28-17-29(42)41(8)24-15-23(16-25(47-9)30(24)38)31(49-11)20(3)13-12-14-27(48-10)37(46)18-26(50-35(45)39-37)21(4)32-36(28,6)52-32/h12-16,19,21-22,26-28,31-32,46H,17-18H2,1-11H3,(H,39,45)/b14-12+,20-13+. The van der Waals surface area contributed by atoms with E-state index in [4.69, 9.17) is 40.0 Å². The first kappa shape index (κ1) is 41.1. The van der Waals surface area contributed by atoms with E-state index in [2.05, 4.69) is 5.32 Å². The Balaban J connectivity index is 1.83. The number of rotatable bonds is 7. The van der Waals surface area contributed by atoms with Crippen LogP contribution in [0.4, 0.5) is 10.5 Å². The fourth-order valence-corrected chi connectivity index (χ4v) is 7.21. The van der Waals surface area contributed by atoms with Gasteiger partial charge in [-0.25, -0.2) is 9.59 Å². The number of benzene rings is 1. The van der Waals surface area contributed by atoms with Crippen LogP contribution in [-0.2, 0) is 38.1 Å². The first-order valence-electron chi connectivity index (χ1n) is 17.2. The Bertz CT molecular complexity index is 1600. The number of hydrogen-bond donors (Lipinski definition) is 2. The van der Waals surface area contributed by atoms with E-state index in [1.165, 1.54) is 38.2 Å². The Morgan fingerprint density at radius 1 is 1.15 bits per heavy atom. The molecular formula is C37H52ClN3O11. The molecule has 9 atom stereocenters. The Morgan fingerprint density at radius 2 is 1.83 bits per heavy atom. The number of carbonyl (C=O) groups is 4. The second kappa shape index (κ2) is 16.1. The molecule has 4 rings (SSSR count). The number of ether oxygens (including phenoxy) is 6. The highest BCUT2D eigenvalue weighted by Gasteiger charge is 2.64. The zero-order valence-electron chi connectivity index (χ0n) is 31.7. The lowest BCUT2D eigenvalue weighted by molar-refractivity contribution is -0.162. The Hall–Kier alpha value is -3.69. The van der Waals surface area contributed by atoms with Crippen molar-refractivity contribution in [2.24, 2.45) is 11.8 Å². The number of aliphatic hydroxyl groups is 1. The van der Waals surface area contributed by atoms with Crippen LogP contribution < -0.4 is 15.0 Å². The lowest BCUT2D eigenvalue weighted by Gasteiger charge is -2.42. The summed E-state index contributed by atoms with van der Waals surface area (Å²) in [6, 6.07) is 2.46. The highest BCUT2D eigenvalue weighted by molar-refractivity contribution is 6.35. The quantitative estimate of drug-likeness (QED) is 0.301. The van der Waals surface area contributed by atoms with Crippen LogP contribution >= 0.6 is 11.6 Å². The van der Waals surface area contributed by atoms with Crippen molar-refractivity contribution in [2.45, 2.75) is 102 Å². The number of nitrogens with zero attached hydrogens (tertiary/aromatic N) is 2. The fraction of sp³-hybridized carbons (Fsp3) is 0.622. The molecule has 9 unspecified atom stereocenters. The molecule has 3 aliphatic rings. The molecule has 3 heterocycles. The maximum absolute atomic E-state index is 14.2. The summed E-state index contributed by atoms with van der Waals surface area (Å²) in [6.45, 7) is 10.3. The van der Waals surface area contributed by atoms with Gasteiger partial charge in [0.15, 0.2) is 5.72 Å². The van der Waals surface area contributed by atoms with E-state index in [9.17, 15) is 24.3 Å². The number of allylic oxidation sites excluding steroid dienone is 2. The second-order valence-electron chi connectivity index (χ2n) is 14.3. The molecule has 0 aromatic heterocycles. The third kappa shape index (κ3) is 8.26. The minimum absolute atomic E-state index is 0.0719. The molecule has 0 saturated carbocycles. The summed E-state index contributed by atoms with van der Waals surface area (Å²) in [7, 11) is 7.48. The van der Waals surface area contributed by atoms with E-state index in [0.29, 0.717) is 17.0 Å². The Labute approximate surface area is 310 Å². The molecule has 15 heteroatoms. The van der Waals surface area contributed by atoms with Crippen molar-refractivity contribution in [3.05, 3.63) is 46.5 Å². The van der Waals surface area contributed by atoms with Gasteiger partial charge in [-0.05, 0) is 44.0 Å². The van der Waals surface area contributed by atoms with Gasteiger partial charge in [0.05, 0.1) is 25.3 Å². The number of halogens is 1. The largest absolute Gasteiger partial charge is 0.495 e. The normalized spacial score (nSPS) is 33.1. The number of methoxy groups -OCH3 is 3. The van der Waals surface area contributed by atoms with Gasteiger partial charge in [-0.15, -0.1) is 0 Å². The summed E-state index contributed by atoms with van der Waals surface area (Å²) < 4.78 is 35.1. The second-order valence-corrected chi connectivity index (χ2v) is 14.6. The molecular weight excluding hydrogens is 698 g/mol. The summed E-state index contributed by atoms with van der Waals surface area (Å²) in [5, 5.41) is 14.4. The molecule has 4 bridgehead atoms. The fourth-order valence-electron chi connectivity index (χ4n) is 6.89. The van der Waals surface area contributed by atoms with Gasteiger partial charge >= 0.3 is 12.1 Å². The lowest BCUT2D eigenvalue weighted by atomic mass is 9.83. The van der Waals surface area contributed by atoms with E-state index >= 15 is 0 Å². The van der Waals surface area contributed by atoms with Gasteiger partial charge in [0.25, 0.3) is 0 Å². The third-order valence-corrected chi connectivity index (χ3v) is 10.8. The van der Waals surface area contributed by atoms with Gasteiger partial charge in [-0.1, -0.05) is 50.6 Å². The van der Waals surface area contributed by atoms with Crippen LogP contribution in [0.15, 0.2) is 35.9 Å². The van der Waals surface area contributed by atoms with E-state index in [0.717, 1.165) is 5.57 Å². The Kier molecular flexibility index (Phi) is 12.7.